The molecule has 1 atom stereocenters. The highest BCUT2D eigenvalue weighted by atomic mass is 32.2. The van der Waals surface area contributed by atoms with E-state index in [0.717, 1.165) is 44.1 Å². The summed E-state index contributed by atoms with van der Waals surface area (Å²) in [5.74, 6) is 1.64. The molecule has 44 heavy (non-hydrogen) atoms. The topological polar surface area (TPSA) is 119 Å². The monoisotopic (exact) mass is 637 g/mol. The fraction of sp³-hybridized carbons (Fsp3) is 0.606. The lowest BCUT2D eigenvalue weighted by Crippen LogP contribution is -2.43. The van der Waals surface area contributed by atoms with E-state index in [1.54, 1.807) is 39.0 Å². The zero-order chi connectivity index (χ0) is 32.8. The number of hydrogen-bond donors (Lipinski definition) is 1. The summed E-state index contributed by atoms with van der Waals surface area (Å²) in [6.45, 7) is 11.9. The van der Waals surface area contributed by atoms with E-state index in [0.29, 0.717) is 41.8 Å². The van der Waals surface area contributed by atoms with E-state index in [4.69, 9.17) is 27.9 Å². The second-order valence-corrected chi connectivity index (χ2v) is 13.3. The van der Waals surface area contributed by atoms with E-state index in [9.17, 15) is 13.2 Å². The van der Waals surface area contributed by atoms with Gasteiger partial charge in [-0.05, 0) is 65.2 Å². The lowest BCUT2D eigenvalue weighted by Gasteiger charge is -2.25. The molecule has 0 saturated carbocycles. The number of carbonyl (C=O) groups is 1. The van der Waals surface area contributed by atoms with Crippen LogP contribution in [-0.4, -0.2) is 60.2 Å². The molecule has 248 valence electrons. The van der Waals surface area contributed by atoms with Gasteiger partial charge in [0, 0.05) is 5.56 Å². The summed E-state index contributed by atoms with van der Waals surface area (Å²) in [6, 6.07) is 7.33. The van der Waals surface area contributed by atoms with Gasteiger partial charge in [0.05, 0.1) is 45.0 Å². The second kappa shape index (κ2) is 17.9. The summed E-state index contributed by atoms with van der Waals surface area (Å²) in [7, 11) is -1.05. The highest BCUT2D eigenvalue weighted by molar-refractivity contribution is 7.86. The van der Waals surface area contributed by atoms with Gasteiger partial charge in [-0.15, -0.1) is 0 Å². The van der Waals surface area contributed by atoms with Crippen LogP contribution in [0, 0.1) is 6.92 Å². The fourth-order valence-corrected chi connectivity index (χ4v) is 5.29. The summed E-state index contributed by atoms with van der Waals surface area (Å²) in [4.78, 5) is 12.9. The molecule has 2 aromatic carbocycles. The van der Waals surface area contributed by atoms with Gasteiger partial charge in [0.1, 0.15) is 5.60 Å². The summed E-state index contributed by atoms with van der Waals surface area (Å²) in [6.07, 6.45) is 5.17. The number of benzene rings is 2. The zero-order valence-corrected chi connectivity index (χ0v) is 28.4. The largest absolute Gasteiger partial charge is 0.490 e. The van der Waals surface area contributed by atoms with E-state index in [1.165, 1.54) is 26.4 Å². The number of ether oxygens (including phenoxy) is 5. The van der Waals surface area contributed by atoms with Crippen LogP contribution in [0.25, 0.3) is 0 Å². The van der Waals surface area contributed by atoms with Gasteiger partial charge in [-0.2, -0.15) is 8.42 Å². The molecule has 2 rings (SSSR count). The first kappa shape index (κ1) is 37.0. The number of unbranched alkanes of at least 4 members (excludes halogenated alkanes) is 4. The van der Waals surface area contributed by atoms with Crippen molar-refractivity contribution >= 4 is 16.2 Å². The van der Waals surface area contributed by atoms with Crippen molar-refractivity contribution in [1.29, 1.82) is 0 Å². The van der Waals surface area contributed by atoms with Gasteiger partial charge in [0.2, 0.25) is 11.5 Å². The molecule has 0 fully saturated rings. The van der Waals surface area contributed by atoms with E-state index >= 15 is 0 Å². The maximum absolute atomic E-state index is 13.0. The molecule has 0 spiro atoms. The second-order valence-electron chi connectivity index (χ2n) is 11.6. The molecule has 0 aliphatic carbocycles. The lowest BCUT2D eigenvalue weighted by molar-refractivity contribution is 0.0488. The molecule has 0 aromatic heterocycles. The Kier molecular flexibility index (Phi) is 15.1. The van der Waals surface area contributed by atoms with Crippen molar-refractivity contribution in [1.82, 2.24) is 5.32 Å². The SMILES string of the molecule is CCCCCOc1cc(CC(COS(=O)(=O)c2ccc(C)cc2)NC(=O)OC(C)(C)C)c(OCCCCC)c(OC)c1OC. The van der Waals surface area contributed by atoms with Crippen molar-refractivity contribution in [3.63, 3.8) is 0 Å². The normalized spacial score (nSPS) is 12.4. The molecule has 1 amide bonds. The van der Waals surface area contributed by atoms with Crippen molar-refractivity contribution < 1.29 is 41.1 Å². The molecule has 0 radical (unpaired) electrons. The first-order chi connectivity index (χ1) is 20.8. The molecular weight excluding hydrogens is 586 g/mol. The molecule has 0 aliphatic heterocycles. The highest BCUT2D eigenvalue weighted by Gasteiger charge is 2.28. The first-order valence-electron chi connectivity index (χ1n) is 15.3. The summed E-state index contributed by atoms with van der Waals surface area (Å²) in [5.41, 5.74) is 0.780. The van der Waals surface area contributed by atoms with Crippen LogP contribution < -0.4 is 24.3 Å². The van der Waals surface area contributed by atoms with Gasteiger partial charge in [0.25, 0.3) is 10.1 Å². The maximum Gasteiger partial charge on any atom is 0.407 e. The molecule has 10 nitrogen and oxygen atoms in total. The molecule has 0 bridgehead atoms. The summed E-state index contributed by atoms with van der Waals surface area (Å²) < 4.78 is 60.9. The van der Waals surface area contributed by atoms with Crippen LogP contribution in [0.1, 0.15) is 84.3 Å². The van der Waals surface area contributed by atoms with Crippen molar-refractivity contribution in [2.24, 2.45) is 0 Å². The van der Waals surface area contributed by atoms with Crippen LogP contribution in [0.5, 0.6) is 23.0 Å². The average Bonchev–Trinajstić information content (AvgIpc) is 2.95. The predicted molar refractivity (Wildman–Crippen MR) is 171 cm³/mol. The Morgan fingerprint density at radius 1 is 0.864 bits per heavy atom. The number of aryl methyl sites for hydroxylation is 1. The third kappa shape index (κ3) is 12.1. The van der Waals surface area contributed by atoms with E-state index in [-0.39, 0.29) is 17.9 Å². The summed E-state index contributed by atoms with van der Waals surface area (Å²) in [5, 5.41) is 2.79. The van der Waals surface area contributed by atoms with Gasteiger partial charge in [0.15, 0.2) is 11.5 Å². The van der Waals surface area contributed by atoms with Gasteiger partial charge >= 0.3 is 6.09 Å². The minimum Gasteiger partial charge on any atom is -0.490 e. The number of nitrogens with one attached hydrogen (secondary N) is 1. The highest BCUT2D eigenvalue weighted by Crippen LogP contribution is 2.47. The van der Waals surface area contributed by atoms with Gasteiger partial charge < -0.3 is 29.0 Å². The molecule has 1 unspecified atom stereocenters. The number of hydrogen-bond acceptors (Lipinski definition) is 9. The minimum atomic E-state index is -4.11. The van der Waals surface area contributed by atoms with Gasteiger partial charge in [-0.1, -0.05) is 57.2 Å². The van der Waals surface area contributed by atoms with E-state index in [2.05, 4.69) is 19.2 Å². The van der Waals surface area contributed by atoms with Gasteiger partial charge in [-0.25, -0.2) is 4.79 Å². The standard InChI is InChI=1S/C33H51NO9S/c1-9-11-13-19-40-28-22-25(29(41-20-14-12-10-2)31(39-8)30(28)38-7)21-26(34-32(35)43-33(4,5)6)23-42-44(36,37)27-17-15-24(3)16-18-27/h15-18,22,26H,9-14,19-21,23H2,1-8H3,(H,34,35). The Hall–Kier alpha value is -3.18. The quantitative estimate of drug-likeness (QED) is 0.128. The Labute approximate surface area is 263 Å². The number of rotatable bonds is 19. The maximum atomic E-state index is 13.0. The molecule has 2 aromatic rings. The molecule has 11 heteroatoms. The van der Waals surface area contributed by atoms with Crippen LogP contribution in [0.15, 0.2) is 35.2 Å². The number of carbonyl (C=O) groups excluding carboxylic acids is 1. The molecule has 0 heterocycles. The average molecular weight is 638 g/mol. The van der Waals surface area contributed by atoms with E-state index in [1.807, 2.05) is 6.92 Å². The Bertz CT molecular complexity index is 1270. The Balaban J connectivity index is 2.51. The summed E-state index contributed by atoms with van der Waals surface area (Å²) >= 11 is 0. The van der Waals surface area contributed by atoms with Gasteiger partial charge in [-0.3, -0.25) is 4.18 Å². The van der Waals surface area contributed by atoms with Crippen molar-refractivity contribution in [2.45, 2.75) is 103 Å². The van der Waals surface area contributed by atoms with Crippen LogP contribution in [0.3, 0.4) is 0 Å². The Morgan fingerprint density at radius 2 is 1.45 bits per heavy atom. The zero-order valence-electron chi connectivity index (χ0n) is 27.6. The van der Waals surface area contributed by atoms with Crippen molar-refractivity contribution in [3.05, 3.63) is 41.5 Å². The van der Waals surface area contributed by atoms with Crippen molar-refractivity contribution in [3.8, 4) is 23.0 Å². The first-order valence-corrected chi connectivity index (χ1v) is 16.7. The fourth-order valence-electron chi connectivity index (χ4n) is 4.34. The van der Waals surface area contributed by atoms with Crippen LogP contribution in [0.4, 0.5) is 4.79 Å². The van der Waals surface area contributed by atoms with Crippen LogP contribution in [0.2, 0.25) is 0 Å². The smallest absolute Gasteiger partial charge is 0.407 e. The number of alkyl carbamates (subject to hydrolysis) is 1. The number of methoxy groups -OCH3 is 2. The van der Waals surface area contributed by atoms with E-state index < -0.39 is 27.9 Å². The minimum absolute atomic E-state index is 0.0212. The Morgan fingerprint density at radius 3 is 2.00 bits per heavy atom. The number of amides is 1. The van der Waals surface area contributed by atoms with Crippen LogP contribution in [-0.2, 0) is 25.5 Å². The van der Waals surface area contributed by atoms with Crippen LogP contribution >= 0.6 is 0 Å². The van der Waals surface area contributed by atoms with Crippen molar-refractivity contribution in [2.75, 3.05) is 34.0 Å². The predicted octanol–water partition coefficient (Wildman–Crippen LogP) is 6.99. The molecular formula is C33H51NO9S. The molecule has 1 N–H and O–H groups in total. The third-order valence-corrected chi connectivity index (χ3v) is 7.86. The lowest BCUT2D eigenvalue weighted by atomic mass is 10.0. The molecule has 0 aliphatic rings. The molecule has 0 saturated heterocycles. The third-order valence-electron chi connectivity index (χ3n) is 6.56.